The van der Waals surface area contributed by atoms with Crippen molar-refractivity contribution in [2.75, 3.05) is 49.1 Å². The van der Waals surface area contributed by atoms with Crippen LogP contribution in [0.25, 0.3) is 4.85 Å². The van der Waals surface area contributed by atoms with Crippen LogP contribution in [0.4, 0.5) is 17.1 Å². The molecule has 0 saturated carbocycles. The van der Waals surface area contributed by atoms with Crippen molar-refractivity contribution in [2.24, 2.45) is 11.3 Å². The summed E-state index contributed by atoms with van der Waals surface area (Å²) < 4.78 is 0. The van der Waals surface area contributed by atoms with Gasteiger partial charge in [0, 0.05) is 81.8 Å². The van der Waals surface area contributed by atoms with Gasteiger partial charge in [0.15, 0.2) is 0 Å². The topological polar surface area (TPSA) is 118 Å². The molecule has 0 radical (unpaired) electrons. The highest BCUT2D eigenvalue weighted by Crippen LogP contribution is 2.47. The quantitative estimate of drug-likeness (QED) is 0.227. The number of hydrogen-bond donors (Lipinski definition) is 1. The Kier molecular flexibility index (Phi) is 9.80. The van der Waals surface area contributed by atoms with E-state index < -0.39 is 23.8 Å². The molecule has 58 heavy (non-hydrogen) atoms. The minimum absolute atomic E-state index is 0.0752. The van der Waals surface area contributed by atoms with E-state index in [2.05, 4.69) is 50.0 Å². The third kappa shape index (κ3) is 6.72. The predicted octanol–water partition coefficient (Wildman–Crippen LogP) is 6.35. The number of halogens is 1. The van der Waals surface area contributed by atoms with Crippen molar-refractivity contribution in [3.8, 4) is 0 Å². The normalized spacial score (nSPS) is 23.4. The van der Waals surface area contributed by atoms with Crippen LogP contribution >= 0.6 is 11.6 Å². The lowest BCUT2D eigenvalue weighted by Gasteiger charge is -2.40. The number of rotatable bonds is 6. The van der Waals surface area contributed by atoms with Crippen LogP contribution in [0.3, 0.4) is 0 Å². The molecule has 5 amide bonds. The maximum absolute atomic E-state index is 13.6. The zero-order chi connectivity index (χ0) is 40.5. The molecule has 300 valence electrons. The second-order valence-electron chi connectivity index (χ2n) is 17.4. The minimum Gasteiger partial charge on any atom is -0.371 e. The lowest BCUT2D eigenvalue weighted by atomic mass is 9.76. The number of hydrogen-bond acceptors (Lipinski definition) is 8. The molecule has 6 aliphatic rings. The van der Waals surface area contributed by atoms with Gasteiger partial charge in [-0.05, 0) is 123 Å². The number of carbonyl (C=O) groups is 5. The SMILES string of the molecule is [C-]#[N+]c1ccc(N2CC3(CCN(c4ccc(C(=O)N5CCC(CN6Cc7cc8c(cc7C6)C(=O)N(C6CCC(=O)NC6=O)C8=O)CC5)cc4)CC3)CC2C)c(C)c1Cl. The second-order valence-corrected chi connectivity index (χ2v) is 17.8. The molecule has 0 aromatic heterocycles. The van der Waals surface area contributed by atoms with Crippen molar-refractivity contribution in [3.05, 3.63) is 98.4 Å². The fourth-order valence-corrected chi connectivity index (χ4v) is 10.8. The number of anilines is 2. The van der Waals surface area contributed by atoms with Crippen LogP contribution in [-0.4, -0.2) is 95.6 Å². The maximum atomic E-state index is 13.6. The zero-order valence-corrected chi connectivity index (χ0v) is 33.8. The summed E-state index contributed by atoms with van der Waals surface area (Å²) in [4.78, 5) is 78.2. The highest BCUT2D eigenvalue weighted by molar-refractivity contribution is 6.34. The molecule has 1 spiro atoms. The first-order valence-electron chi connectivity index (χ1n) is 20.6. The Hall–Kier alpha value is -5.25. The average Bonchev–Trinajstić information content (AvgIpc) is 3.84. The molecule has 13 heteroatoms. The maximum Gasteiger partial charge on any atom is 0.262 e. The number of likely N-dealkylation sites (tertiary alicyclic amines) is 1. The molecule has 2 atom stereocenters. The van der Waals surface area contributed by atoms with Crippen molar-refractivity contribution in [1.82, 2.24) is 20.0 Å². The Bertz CT molecular complexity index is 2230. The Morgan fingerprint density at radius 2 is 1.57 bits per heavy atom. The lowest BCUT2D eigenvalue weighted by molar-refractivity contribution is -0.136. The van der Waals surface area contributed by atoms with Crippen molar-refractivity contribution in [3.63, 3.8) is 0 Å². The largest absolute Gasteiger partial charge is 0.371 e. The molecule has 9 rings (SSSR count). The van der Waals surface area contributed by atoms with E-state index in [0.29, 0.717) is 60.0 Å². The number of fused-ring (bicyclic) bond motifs is 2. The van der Waals surface area contributed by atoms with E-state index in [1.54, 1.807) is 0 Å². The Labute approximate surface area is 343 Å². The number of piperidine rings is 3. The summed E-state index contributed by atoms with van der Waals surface area (Å²) in [5.74, 6) is -1.43. The Morgan fingerprint density at radius 1 is 0.914 bits per heavy atom. The second kappa shape index (κ2) is 14.8. The van der Waals surface area contributed by atoms with Gasteiger partial charge in [-0.25, -0.2) is 4.85 Å². The van der Waals surface area contributed by atoms with Crippen LogP contribution < -0.4 is 15.1 Å². The Morgan fingerprint density at radius 3 is 2.19 bits per heavy atom. The average molecular weight is 802 g/mol. The third-order valence-corrected chi connectivity index (χ3v) is 14.3. The van der Waals surface area contributed by atoms with E-state index in [-0.39, 0.29) is 30.1 Å². The molecule has 6 heterocycles. The van der Waals surface area contributed by atoms with E-state index in [4.69, 9.17) is 18.2 Å². The fraction of sp³-hybridized carbons (Fsp3) is 0.467. The summed E-state index contributed by atoms with van der Waals surface area (Å²) in [6.07, 6.45) is 5.40. The van der Waals surface area contributed by atoms with Crippen LogP contribution in [-0.2, 0) is 22.7 Å². The third-order valence-electron chi connectivity index (χ3n) is 13.8. The van der Waals surface area contributed by atoms with Crippen LogP contribution in [0.2, 0.25) is 5.02 Å². The number of nitrogens with zero attached hydrogens (tertiary/aromatic N) is 6. The van der Waals surface area contributed by atoms with Gasteiger partial charge >= 0.3 is 0 Å². The van der Waals surface area contributed by atoms with Gasteiger partial charge in [-0.1, -0.05) is 17.7 Å². The number of nitrogens with one attached hydrogen (secondary N) is 1. The van der Waals surface area contributed by atoms with Gasteiger partial charge in [-0.2, -0.15) is 0 Å². The van der Waals surface area contributed by atoms with Crippen LogP contribution in [0.15, 0.2) is 48.5 Å². The highest BCUT2D eigenvalue weighted by Gasteiger charge is 2.46. The zero-order valence-electron chi connectivity index (χ0n) is 33.1. The summed E-state index contributed by atoms with van der Waals surface area (Å²) >= 11 is 6.55. The standard InChI is InChI=1S/C45H48ClN7O5/c1-27-22-45(26-52(27)37-9-8-36(47-3)40(46)28(37)2)14-18-50(19-15-45)33-6-4-30(5-7-33)42(56)51-16-12-29(13-17-51)23-49-24-31-20-34-35(21-32(31)25-49)44(58)53(43(34)57)38-10-11-39(54)48-41(38)55/h4-9,20-21,27,29,38H,10-19,22-26H2,1-2H3,(H,48,54,55). The van der Waals surface area contributed by atoms with Crippen molar-refractivity contribution in [2.45, 2.75) is 84.0 Å². The molecular weight excluding hydrogens is 754 g/mol. The molecule has 4 saturated heterocycles. The molecular formula is C45H48ClN7O5. The monoisotopic (exact) mass is 801 g/mol. The van der Waals surface area contributed by atoms with E-state index in [9.17, 15) is 24.0 Å². The molecule has 12 nitrogen and oxygen atoms in total. The van der Waals surface area contributed by atoms with Gasteiger partial charge in [-0.15, -0.1) is 0 Å². The summed E-state index contributed by atoms with van der Waals surface area (Å²) in [6.45, 7) is 18.3. The van der Waals surface area contributed by atoms with Crippen LogP contribution in [0.1, 0.15) is 99.6 Å². The van der Waals surface area contributed by atoms with Gasteiger partial charge in [0.25, 0.3) is 17.7 Å². The van der Waals surface area contributed by atoms with Gasteiger partial charge in [-0.3, -0.25) is 39.1 Å². The highest BCUT2D eigenvalue weighted by atomic mass is 35.5. The van der Waals surface area contributed by atoms with Crippen molar-refractivity contribution >= 4 is 58.2 Å². The smallest absolute Gasteiger partial charge is 0.262 e. The fourth-order valence-electron chi connectivity index (χ4n) is 10.5. The van der Waals surface area contributed by atoms with Gasteiger partial charge in [0.1, 0.15) is 6.04 Å². The first-order valence-corrected chi connectivity index (χ1v) is 21.0. The summed E-state index contributed by atoms with van der Waals surface area (Å²) in [7, 11) is 0. The van der Waals surface area contributed by atoms with Gasteiger partial charge < -0.3 is 14.7 Å². The number of carbonyl (C=O) groups excluding carboxylic acids is 5. The first-order chi connectivity index (χ1) is 27.9. The molecule has 6 aliphatic heterocycles. The van der Waals surface area contributed by atoms with E-state index in [0.717, 1.165) is 96.8 Å². The molecule has 3 aromatic rings. The number of amides is 5. The van der Waals surface area contributed by atoms with Crippen molar-refractivity contribution in [1.29, 1.82) is 0 Å². The minimum atomic E-state index is -0.967. The molecule has 0 bridgehead atoms. The Balaban J connectivity index is 0.748. The lowest BCUT2D eigenvalue weighted by Crippen LogP contribution is -2.54. The van der Waals surface area contributed by atoms with E-state index in [1.807, 2.05) is 42.2 Å². The first kappa shape index (κ1) is 38.3. The molecule has 1 N–H and O–H groups in total. The van der Waals surface area contributed by atoms with Crippen LogP contribution in [0.5, 0.6) is 0 Å². The summed E-state index contributed by atoms with van der Waals surface area (Å²) in [6, 6.07) is 15.1. The molecule has 4 fully saturated rings. The van der Waals surface area contributed by atoms with Gasteiger partial charge in [0.05, 0.1) is 22.7 Å². The number of imide groups is 2. The molecule has 2 unspecified atom stereocenters. The molecule has 0 aliphatic carbocycles. The molecule has 3 aromatic carbocycles. The van der Waals surface area contributed by atoms with Crippen molar-refractivity contribution < 1.29 is 24.0 Å². The van der Waals surface area contributed by atoms with Gasteiger partial charge in [0.2, 0.25) is 17.5 Å². The number of benzene rings is 3. The summed E-state index contributed by atoms with van der Waals surface area (Å²) in [5.41, 5.74) is 7.45. The van der Waals surface area contributed by atoms with E-state index >= 15 is 0 Å². The van der Waals surface area contributed by atoms with Crippen LogP contribution in [0, 0.1) is 24.8 Å². The van der Waals surface area contributed by atoms with E-state index in [1.165, 1.54) is 0 Å². The predicted molar refractivity (Wildman–Crippen MR) is 220 cm³/mol. The summed E-state index contributed by atoms with van der Waals surface area (Å²) in [5, 5.41) is 2.81.